The van der Waals surface area contributed by atoms with E-state index in [0.29, 0.717) is 28.7 Å². The molecule has 6 heteroatoms. The standard InChI is InChI=1S/C10H17BrN4O/c1-3-4-7(2)5-16-10-8(11)9(15-12)13-6-14-10/h6-7H,3-5,12H2,1-2H3,(H,13,14,15). The van der Waals surface area contributed by atoms with Crippen LogP contribution in [0.3, 0.4) is 0 Å². The summed E-state index contributed by atoms with van der Waals surface area (Å²) in [5.41, 5.74) is 2.47. The third kappa shape index (κ3) is 3.61. The number of nitrogens with zero attached hydrogens (tertiary/aromatic N) is 2. The van der Waals surface area contributed by atoms with Crippen LogP contribution in [0.5, 0.6) is 5.88 Å². The van der Waals surface area contributed by atoms with Crippen molar-refractivity contribution in [3.63, 3.8) is 0 Å². The van der Waals surface area contributed by atoms with E-state index in [0.717, 1.165) is 12.8 Å². The van der Waals surface area contributed by atoms with E-state index in [1.807, 2.05) is 0 Å². The van der Waals surface area contributed by atoms with Crippen molar-refractivity contribution >= 4 is 21.7 Å². The molecule has 0 aliphatic rings. The van der Waals surface area contributed by atoms with E-state index in [1.165, 1.54) is 6.33 Å². The van der Waals surface area contributed by atoms with Crippen molar-refractivity contribution in [2.75, 3.05) is 12.0 Å². The fourth-order valence-corrected chi connectivity index (χ4v) is 1.79. The zero-order valence-corrected chi connectivity index (χ0v) is 11.1. The molecule has 0 bridgehead atoms. The molecule has 1 atom stereocenters. The van der Waals surface area contributed by atoms with Crippen LogP contribution in [0.4, 0.5) is 5.82 Å². The van der Waals surface area contributed by atoms with Gasteiger partial charge in [-0.05, 0) is 28.3 Å². The average Bonchev–Trinajstić information content (AvgIpc) is 2.28. The van der Waals surface area contributed by atoms with Gasteiger partial charge in [0.15, 0.2) is 5.82 Å². The van der Waals surface area contributed by atoms with Gasteiger partial charge in [-0.15, -0.1) is 0 Å². The van der Waals surface area contributed by atoms with Gasteiger partial charge in [0.2, 0.25) is 5.88 Å². The van der Waals surface area contributed by atoms with Gasteiger partial charge < -0.3 is 10.2 Å². The SMILES string of the molecule is CCCC(C)COc1ncnc(NN)c1Br. The molecule has 0 aliphatic carbocycles. The number of rotatable bonds is 6. The summed E-state index contributed by atoms with van der Waals surface area (Å²) in [5.74, 6) is 6.85. The molecule has 1 rings (SSSR count). The van der Waals surface area contributed by atoms with Gasteiger partial charge in [-0.25, -0.2) is 15.8 Å². The smallest absolute Gasteiger partial charge is 0.233 e. The van der Waals surface area contributed by atoms with Gasteiger partial charge in [-0.2, -0.15) is 0 Å². The molecular formula is C10H17BrN4O. The minimum atomic E-state index is 0.515. The third-order valence-electron chi connectivity index (χ3n) is 2.18. The van der Waals surface area contributed by atoms with E-state index in [-0.39, 0.29) is 0 Å². The minimum absolute atomic E-state index is 0.515. The van der Waals surface area contributed by atoms with Crippen molar-refractivity contribution in [1.82, 2.24) is 9.97 Å². The lowest BCUT2D eigenvalue weighted by atomic mass is 10.1. The van der Waals surface area contributed by atoms with E-state index in [4.69, 9.17) is 10.6 Å². The Morgan fingerprint density at radius 1 is 1.56 bits per heavy atom. The quantitative estimate of drug-likeness (QED) is 0.621. The molecule has 0 saturated carbocycles. The second kappa shape index (κ2) is 6.65. The van der Waals surface area contributed by atoms with E-state index < -0.39 is 0 Å². The summed E-state index contributed by atoms with van der Waals surface area (Å²) in [5, 5.41) is 0. The zero-order chi connectivity index (χ0) is 12.0. The summed E-state index contributed by atoms with van der Waals surface area (Å²) < 4.78 is 6.25. The first kappa shape index (κ1) is 13.2. The summed E-state index contributed by atoms with van der Waals surface area (Å²) in [6, 6.07) is 0. The summed E-state index contributed by atoms with van der Waals surface area (Å²) in [7, 11) is 0. The summed E-state index contributed by atoms with van der Waals surface area (Å²) in [6.07, 6.45) is 3.72. The third-order valence-corrected chi connectivity index (χ3v) is 2.90. The molecule has 3 N–H and O–H groups in total. The predicted octanol–water partition coefficient (Wildman–Crippen LogP) is 2.34. The molecule has 5 nitrogen and oxygen atoms in total. The molecule has 1 aromatic heterocycles. The lowest BCUT2D eigenvalue weighted by molar-refractivity contribution is 0.241. The predicted molar refractivity (Wildman–Crippen MR) is 67.1 cm³/mol. The lowest BCUT2D eigenvalue weighted by Gasteiger charge is -2.13. The highest BCUT2D eigenvalue weighted by molar-refractivity contribution is 9.10. The maximum atomic E-state index is 5.60. The Balaban J connectivity index is 2.60. The molecule has 0 aliphatic heterocycles. The Labute approximate surface area is 104 Å². The Kier molecular flexibility index (Phi) is 5.48. The largest absolute Gasteiger partial charge is 0.476 e. The van der Waals surface area contributed by atoms with Crippen LogP contribution in [-0.2, 0) is 0 Å². The molecule has 0 radical (unpaired) electrons. The number of nitrogen functional groups attached to an aromatic ring is 1. The Bertz CT molecular complexity index is 335. The molecule has 0 amide bonds. The van der Waals surface area contributed by atoms with Crippen molar-refractivity contribution in [3.8, 4) is 5.88 Å². The monoisotopic (exact) mass is 288 g/mol. The molecular weight excluding hydrogens is 272 g/mol. The van der Waals surface area contributed by atoms with Crippen molar-refractivity contribution in [2.24, 2.45) is 11.8 Å². The molecule has 90 valence electrons. The van der Waals surface area contributed by atoms with Crippen LogP contribution < -0.4 is 16.0 Å². The fraction of sp³-hybridized carbons (Fsp3) is 0.600. The second-order valence-corrected chi connectivity index (χ2v) is 4.48. The number of hydrogen-bond acceptors (Lipinski definition) is 5. The number of nitrogens with one attached hydrogen (secondary N) is 1. The molecule has 1 unspecified atom stereocenters. The highest BCUT2D eigenvalue weighted by Crippen LogP contribution is 2.28. The first-order valence-electron chi connectivity index (χ1n) is 5.29. The van der Waals surface area contributed by atoms with Crippen LogP contribution in [0.1, 0.15) is 26.7 Å². The normalized spacial score (nSPS) is 12.2. The van der Waals surface area contributed by atoms with Gasteiger partial charge in [0.05, 0.1) is 6.61 Å². The number of ether oxygens (including phenoxy) is 1. The fourth-order valence-electron chi connectivity index (χ4n) is 1.35. The molecule has 1 heterocycles. The molecule has 16 heavy (non-hydrogen) atoms. The zero-order valence-electron chi connectivity index (χ0n) is 9.53. The molecule has 1 aromatic rings. The van der Waals surface area contributed by atoms with Crippen LogP contribution in [0.2, 0.25) is 0 Å². The van der Waals surface area contributed by atoms with Crippen LogP contribution in [0.25, 0.3) is 0 Å². The van der Waals surface area contributed by atoms with Crippen LogP contribution in [0, 0.1) is 5.92 Å². The Morgan fingerprint density at radius 2 is 2.31 bits per heavy atom. The van der Waals surface area contributed by atoms with Gasteiger partial charge in [0.25, 0.3) is 0 Å². The molecule has 0 aromatic carbocycles. The molecule has 0 spiro atoms. The number of aromatic nitrogens is 2. The van der Waals surface area contributed by atoms with Gasteiger partial charge in [0.1, 0.15) is 10.8 Å². The van der Waals surface area contributed by atoms with Gasteiger partial charge >= 0.3 is 0 Å². The number of halogens is 1. The van der Waals surface area contributed by atoms with E-state index >= 15 is 0 Å². The molecule has 0 saturated heterocycles. The van der Waals surface area contributed by atoms with Crippen molar-refractivity contribution < 1.29 is 4.74 Å². The van der Waals surface area contributed by atoms with Crippen molar-refractivity contribution in [1.29, 1.82) is 0 Å². The van der Waals surface area contributed by atoms with Crippen LogP contribution in [0.15, 0.2) is 10.8 Å². The van der Waals surface area contributed by atoms with Crippen LogP contribution >= 0.6 is 15.9 Å². The first-order chi connectivity index (χ1) is 7.69. The van der Waals surface area contributed by atoms with E-state index in [1.54, 1.807) is 0 Å². The van der Waals surface area contributed by atoms with E-state index in [9.17, 15) is 0 Å². The minimum Gasteiger partial charge on any atom is -0.476 e. The summed E-state index contributed by atoms with van der Waals surface area (Å²) in [6.45, 7) is 4.96. The van der Waals surface area contributed by atoms with Gasteiger partial charge in [0, 0.05) is 0 Å². The highest BCUT2D eigenvalue weighted by Gasteiger charge is 2.10. The number of nitrogens with two attached hydrogens (primary N) is 1. The van der Waals surface area contributed by atoms with Crippen molar-refractivity contribution in [2.45, 2.75) is 26.7 Å². The number of hydrazine groups is 1. The Morgan fingerprint density at radius 3 is 2.94 bits per heavy atom. The Hall–Kier alpha value is -0.880. The maximum absolute atomic E-state index is 5.60. The van der Waals surface area contributed by atoms with Crippen molar-refractivity contribution in [3.05, 3.63) is 10.8 Å². The lowest BCUT2D eigenvalue weighted by Crippen LogP contribution is -2.12. The second-order valence-electron chi connectivity index (χ2n) is 3.69. The van der Waals surface area contributed by atoms with Crippen LogP contribution in [-0.4, -0.2) is 16.6 Å². The highest BCUT2D eigenvalue weighted by atomic mass is 79.9. The topological polar surface area (TPSA) is 73.1 Å². The van der Waals surface area contributed by atoms with Gasteiger partial charge in [-0.3, -0.25) is 0 Å². The molecule has 0 fully saturated rings. The van der Waals surface area contributed by atoms with Gasteiger partial charge in [-0.1, -0.05) is 20.3 Å². The number of hydrogen-bond donors (Lipinski definition) is 2. The summed E-state index contributed by atoms with van der Waals surface area (Å²) >= 11 is 3.34. The summed E-state index contributed by atoms with van der Waals surface area (Å²) in [4.78, 5) is 7.99. The maximum Gasteiger partial charge on any atom is 0.233 e. The number of anilines is 1. The first-order valence-corrected chi connectivity index (χ1v) is 6.08. The van der Waals surface area contributed by atoms with E-state index in [2.05, 4.69) is 45.2 Å². The average molecular weight is 289 g/mol.